The summed E-state index contributed by atoms with van der Waals surface area (Å²) in [6.07, 6.45) is 1.78. The first-order valence-electron chi connectivity index (χ1n) is 6.25. The second-order valence-electron chi connectivity index (χ2n) is 4.57. The van der Waals surface area contributed by atoms with Crippen molar-refractivity contribution < 1.29 is 9.50 Å². The fourth-order valence-electron chi connectivity index (χ4n) is 1.96. The Morgan fingerprint density at radius 1 is 1.26 bits per heavy atom. The number of aromatic amines is 1. The van der Waals surface area contributed by atoms with Crippen molar-refractivity contribution in [2.75, 3.05) is 13.2 Å². The standard InChI is InChI=1S/C14H18FN3O/c1-11-8-16-14(17-11)10-18(6-7-19)9-12-2-4-13(15)5-3-12/h2-5,8,19H,6-7,9-10H2,1H3,(H,16,17). The van der Waals surface area contributed by atoms with Crippen LogP contribution in [0.15, 0.2) is 30.5 Å². The molecule has 0 bridgehead atoms. The zero-order valence-corrected chi connectivity index (χ0v) is 10.9. The van der Waals surface area contributed by atoms with Crippen molar-refractivity contribution in [3.8, 4) is 0 Å². The van der Waals surface area contributed by atoms with E-state index in [0.717, 1.165) is 17.1 Å². The maximum Gasteiger partial charge on any atom is 0.123 e. The van der Waals surface area contributed by atoms with E-state index >= 15 is 0 Å². The Labute approximate surface area is 111 Å². The van der Waals surface area contributed by atoms with Crippen LogP contribution in [-0.2, 0) is 13.1 Å². The Kier molecular flexibility index (Phi) is 4.65. The van der Waals surface area contributed by atoms with Crippen LogP contribution >= 0.6 is 0 Å². The van der Waals surface area contributed by atoms with Crippen molar-refractivity contribution in [1.82, 2.24) is 14.9 Å². The molecule has 0 aliphatic carbocycles. The largest absolute Gasteiger partial charge is 0.395 e. The number of halogens is 1. The first kappa shape index (κ1) is 13.7. The second kappa shape index (κ2) is 6.45. The molecule has 0 radical (unpaired) electrons. The van der Waals surface area contributed by atoms with Crippen molar-refractivity contribution in [3.05, 3.63) is 53.4 Å². The number of aliphatic hydroxyl groups excluding tert-OH is 1. The van der Waals surface area contributed by atoms with Crippen molar-refractivity contribution in [3.63, 3.8) is 0 Å². The van der Waals surface area contributed by atoms with Crippen LogP contribution in [0.1, 0.15) is 17.1 Å². The number of rotatable bonds is 6. The number of aromatic nitrogens is 2. The van der Waals surface area contributed by atoms with Gasteiger partial charge in [0, 0.05) is 25.0 Å². The van der Waals surface area contributed by atoms with Gasteiger partial charge in [-0.05, 0) is 24.6 Å². The topological polar surface area (TPSA) is 52.1 Å². The predicted molar refractivity (Wildman–Crippen MR) is 70.9 cm³/mol. The predicted octanol–water partition coefficient (Wildman–Crippen LogP) is 1.85. The van der Waals surface area contributed by atoms with E-state index in [1.54, 1.807) is 18.3 Å². The number of hydrogen-bond acceptors (Lipinski definition) is 3. The Hall–Kier alpha value is -1.72. The molecule has 0 spiro atoms. The van der Waals surface area contributed by atoms with E-state index in [1.807, 2.05) is 6.92 Å². The monoisotopic (exact) mass is 263 g/mol. The Bertz CT molecular complexity index is 510. The molecule has 1 aromatic carbocycles. The number of nitrogens with one attached hydrogen (secondary N) is 1. The molecule has 0 aliphatic rings. The zero-order chi connectivity index (χ0) is 13.7. The van der Waals surface area contributed by atoms with Crippen molar-refractivity contribution in [2.24, 2.45) is 0 Å². The number of imidazole rings is 1. The molecule has 0 aliphatic heterocycles. The summed E-state index contributed by atoms with van der Waals surface area (Å²) in [6, 6.07) is 6.41. The summed E-state index contributed by atoms with van der Waals surface area (Å²) in [5, 5.41) is 9.11. The second-order valence-corrected chi connectivity index (χ2v) is 4.57. The highest BCUT2D eigenvalue weighted by molar-refractivity contribution is 5.16. The van der Waals surface area contributed by atoms with Crippen LogP contribution in [0.2, 0.25) is 0 Å². The lowest BCUT2D eigenvalue weighted by Gasteiger charge is -2.20. The van der Waals surface area contributed by atoms with Crippen LogP contribution in [0.5, 0.6) is 0 Å². The molecule has 5 heteroatoms. The van der Waals surface area contributed by atoms with Gasteiger partial charge in [0.25, 0.3) is 0 Å². The number of aryl methyl sites for hydroxylation is 1. The van der Waals surface area contributed by atoms with Crippen molar-refractivity contribution >= 4 is 0 Å². The fraction of sp³-hybridized carbons (Fsp3) is 0.357. The molecule has 0 atom stereocenters. The van der Waals surface area contributed by atoms with Gasteiger partial charge in [0.05, 0.1) is 13.2 Å². The van der Waals surface area contributed by atoms with E-state index in [2.05, 4.69) is 14.9 Å². The number of aliphatic hydroxyl groups is 1. The van der Waals surface area contributed by atoms with Gasteiger partial charge in [0.1, 0.15) is 11.6 Å². The molecular weight excluding hydrogens is 245 g/mol. The molecule has 0 unspecified atom stereocenters. The van der Waals surface area contributed by atoms with Crippen LogP contribution in [0, 0.1) is 12.7 Å². The molecule has 4 nitrogen and oxygen atoms in total. The van der Waals surface area contributed by atoms with E-state index in [1.165, 1.54) is 12.1 Å². The van der Waals surface area contributed by atoms with Crippen LogP contribution in [0.3, 0.4) is 0 Å². The number of nitrogens with zero attached hydrogens (tertiary/aromatic N) is 2. The lowest BCUT2D eigenvalue weighted by atomic mass is 10.2. The SMILES string of the molecule is Cc1cnc(CN(CCO)Cc2ccc(F)cc2)[nH]1. The molecule has 102 valence electrons. The number of H-pyrrole nitrogens is 1. The normalized spacial score (nSPS) is 11.2. The van der Waals surface area contributed by atoms with E-state index in [-0.39, 0.29) is 12.4 Å². The van der Waals surface area contributed by atoms with Gasteiger partial charge in [-0.2, -0.15) is 0 Å². The van der Waals surface area contributed by atoms with Crippen LogP contribution < -0.4 is 0 Å². The van der Waals surface area contributed by atoms with Gasteiger partial charge < -0.3 is 10.1 Å². The summed E-state index contributed by atoms with van der Waals surface area (Å²) >= 11 is 0. The first-order chi connectivity index (χ1) is 9.17. The summed E-state index contributed by atoms with van der Waals surface area (Å²) in [5.74, 6) is 0.632. The number of benzene rings is 1. The molecule has 1 aromatic heterocycles. The Balaban J connectivity index is 2.01. The molecule has 0 saturated heterocycles. The van der Waals surface area contributed by atoms with E-state index in [4.69, 9.17) is 5.11 Å². The summed E-state index contributed by atoms with van der Waals surface area (Å²) in [4.78, 5) is 9.48. The average Bonchev–Trinajstić information content (AvgIpc) is 2.78. The Morgan fingerprint density at radius 2 is 2.00 bits per heavy atom. The highest BCUT2D eigenvalue weighted by Gasteiger charge is 2.08. The third kappa shape index (κ3) is 4.15. The number of hydrogen-bond donors (Lipinski definition) is 2. The van der Waals surface area contributed by atoms with Gasteiger partial charge in [0.15, 0.2) is 0 Å². The quantitative estimate of drug-likeness (QED) is 0.836. The molecule has 0 saturated carbocycles. The van der Waals surface area contributed by atoms with E-state index < -0.39 is 0 Å². The van der Waals surface area contributed by atoms with Gasteiger partial charge in [-0.15, -0.1) is 0 Å². The van der Waals surface area contributed by atoms with Crippen molar-refractivity contribution in [2.45, 2.75) is 20.0 Å². The van der Waals surface area contributed by atoms with E-state index in [9.17, 15) is 4.39 Å². The molecule has 0 fully saturated rings. The van der Waals surface area contributed by atoms with Crippen LogP contribution in [0.25, 0.3) is 0 Å². The molecule has 2 rings (SSSR count). The summed E-state index contributed by atoms with van der Waals surface area (Å²) in [6.45, 7) is 3.87. The molecular formula is C14H18FN3O. The summed E-state index contributed by atoms with van der Waals surface area (Å²) < 4.78 is 12.9. The van der Waals surface area contributed by atoms with Gasteiger partial charge in [-0.1, -0.05) is 12.1 Å². The van der Waals surface area contributed by atoms with Crippen LogP contribution in [-0.4, -0.2) is 33.1 Å². The molecule has 0 amide bonds. The third-order valence-corrected chi connectivity index (χ3v) is 2.86. The minimum atomic E-state index is -0.237. The third-order valence-electron chi connectivity index (χ3n) is 2.86. The highest BCUT2D eigenvalue weighted by Crippen LogP contribution is 2.09. The lowest BCUT2D eigenvalue weighted by Crippen LogP contribution is -2.26. The fourth-order valence-corrected chi connectivity index (χ4v) is 1.96. The lowest BCUT2D eigenvalue weighted by molar-refractivity contribution is 0.181. The first-order valence-corrected chi connectivity index (χ1v) is 6.25. The molecule has 19 heavy (non-hydrogen) atoms. The zero-order valence-electron chi connectivity index (χ0n) is 10.9. The van der Waals surface area contributed by atoms with Gasteiger partial charge in [-0.25, -0.2) is 9.37 Å². The van der Waals surface area contributed by atoms with E-state index in [0.29, 0.717) is 19.6 Å². The molecule has 1 heterocycles. The molecule has 2 aromatic rings. The molecule has 2 N–H and O–H groups in total. The van der Waals surface area contributed by atoms with Gasteiger partial charge in [0.2, 0.25) is 0 Å². The highest BCUT2D eigenvalue weighted by atomic mass is 19.1. The smallest absolute Gasteiger partial charge is 0.123 e. The average molecular weight is 263 g/mol. The van der Waals surface area contributed by atoms with Gasteiger partial charge in [-0.3, -0.25) is 4.90 Å². The Morgan fingerprint density at radius 3 is 2.58 bits per heavy atom. The van der Waals surface area contributed by atoms with Crippen LogP contribution in [0.4, 0.5) is 4.39 Å². The minimum absolute atomic E-state index is 0.0842. The minimum Gasteiger partial charge on any atom is -0.395 e. The summed E-state index contributed by atoms with van der Waals surface area (Å²) in [7, 11) is 0. The van der Waals surface area contributed by atoms with Gasteiger partial charge >= 0.3 is 0 Å². The van der Waals surface area contributed by atoms with Crippen molar-refractivity contribution in [1.29, 1.82) is 0 Å². The maximum atomic E-state index is 12.9. The maximum absolute atomic E-state index is 12.9. The summed E-state index contributed by atoms with van der Waals surface area (Å²) in [5.41, 5.74) is 2.03.